The zero-order valence-electron chi connectivity index (χ0n) is 41.6. The van der Waals surface area contributed by atoms with Gasteiger partial charge in [-0.25, -0.2) is 0 Å². The number of fused-ring (bicyclic) bond motifs is 2. The lowest BCUT2D eigenvalue weighted by Gasteiger charge is -2.25. The van der Waals surface area contributed by atoms with E-state index in [2.05, 4.69) is 13.8 Å². The summed E-state index contributed by atoms with van der Waals surface area (Å²) >= 11 is 0. The van der Waals surface area contributed by atoms with Crippen molar-refractivity contribution in [3.05, 3.63) is 72.3 Å². The molecule has 8 heteroatoms. The van der Waals surface area contributed by atoms with Crippen molar-refractivity contribution in [2.75, 3.05) is 0 Å². The predicted molar refractivity (Wildman–Crippen MR) is 273 cm³/mol. The van der Waals surface area contributed by atoms with Gasteiger partial charge >= 0.3 is 23.9 Å². The molecule has 0 heterocycles. The number of aliphatic carboxylic acids is 2. The number of carbonyl (C=O) groups is 4. The van der Waals surface area contributed by atoms with E-state index < -0.39 is 41.1 Å². The fraction of sp³-hybridized carbons (Fsp3) is 0.621. The van der Waals surface area contributed by atoms with E-state index in [9.17, 15) is 29.4 Å². The summed E-state index contributed by atoms with van der Waals surface area (Å²) in [5.74, 6) is -5.12. The first kappa shape index (κ1) is 55.9. The van der Waals surface area contributed by atoms with Crippen LogP contribution in [0.15, 0.2) is 66.8 Å². The minimum Gasteiger partial charge on any atom is -0.481 e. The summed E-state index contributed by atoms with van der Waals surface area (Å²) in [6, 6.07) is 12.8. The molecule has 0 fully saturated rings. The molecule has 0 spiro atoms. The second-order valence-corrected chi connectivity index (χ2v) is 19.6. The summed E-state index contributed by atoms with van der Waals surface area (Å²) in [5.41, 5.74) is 0.407. The van der Waals surface area contributed by atoms with Gasteiger partial charge in [0, 0.05) is 21.5 Å². The minimum atomic E-state index is -1.09. The number of unbranched alkanes of at least 4 members (excludes halogenated alkanes) is 24. The van der Waals surface area contributed by atoms with Crippen molar-refractivity contribution >= 4 is 45.4 Å². The van der Waals surface area contributed by atoms with Gasteiger partial charge in [-0.1, -0.05) is 243 Å². The van der Waals surface area contributed by atoms with Gasteiger partial charge in [0.05, 0.1) is 24.7 Å². The quantitative estimate of drug-likeness (QED) is 0.0194. The van der Waals surface area contributed by atoms with Crippen molar-refractivity contribution in [2.45, 2.75) is 220 Å². The van der Waals surface area contributed by atoms with Crippen LogP contribution in [0.25, 0.3) is 21.5 Å². The number of esters is 2. The highest BCUT2D eigenvalue weighted by molar-refractivity contribution is 6.14. The van der Waals surface area contributed by atoms with Crippen molar-refractivity contribution in [3.63, 3.8) is 0 Å². The largest absolute Gasteiger partial charge is 0.481 e. The van der Waals surface area contributed by atoms with E-state index >= 15 is 0 Å². The van der Waals surface area contributed by atoms with E-state index in [0.29, 0.717) is 21.5 Å². The fourth-order valence-electron chi connectivity index (χ4n) is 8.86. The van der Waals surface area contributed by atoms with E-state index in [1.54, 1.807) is 42.5 Å². The zero-order chi connectivity index (χ0) is 48.0. The van der Waals surface area contributed by atoms with Gasteiger partial charge in [-0.2, -0.15) is 0 Å². The topological polar surface area (TPSA) is 127 Å². The molecule has 0 radical (unpaired) electrons. The molecule has 3 aromatic rings. The molecule has 2 atom stereocenters. The second kappa shape index (κ2) is 32.3. The minimum absolute atomic E-state index is 0.255. The van der Waals surface area contributed by atoms with Gasteiger partial charge in [-0.3, -0.25) is 19.2 Å². The maximum absolute atomic E-state index is 13.7. The molecule has 3 aromatic carbocycles. The maximum Gasteiger partial charge on any atom is 0.312 e. The molecule has 0 aliphatic heterocycles. The lowest BCUT2D eigenvalue weighted by Crippen LogP contribution is -2.21. The van der Waals surface area contributed by atoms with Gasteiger partial charge in [0.1, 0.15) is 11.5 Å². The number of allylic oxidation sites excluding steroid dienone is 2. The first-order chi connectivity index (χ1) is 31.9. The molecule has 0 aliphatic rings. The summed E-state index contributed by atoms with van der Waals surface area (Å²) in [7, 11) is 0. The molecule has 0 amide bonds. The number of hydrogen-bond acceptors (Lipinski definition) is 6. The normalized spacial score (nSPS) is 12.9. The van der Waals surface area contributed by atoms with Gasteiger partial charge in [0.15, 0.2) is 0 Å². The fourth-order valence-corrected chi connectivity index (χ4v) is 8.86. The summed E-state index contributed by atoms with van der Waals surface area (Å²) in [6.45, 7) is 10.6. The van der Waals surface area contributed by atoms with E-state index in [1.807, 2.05) is 45.1 Å². The highest BCUT2D eigenvalue weighted by Gasteiger charge is 2.28. The first-order valence-electron chi connectivity index (χ1n) is 26.1. The summed E-state index contributed by atoms with van der Waals surface area (Å²) in [4.78, 5) is 52.1. The predicted octanol–water partition coefficient (Wildman–Crippen LogP) is 16.6. The number of carbonyl (C=O) groups excluding carboxylic acids is 2. The molecular weight excluding hydrogens is 825 g/mol. The van der Waals surface area contributed by atoms with Crippen LogP contribution < -0.4 is 9.47 Å². The van der Waals surface area contributed by atoms with Crippen LogP contribution in [0.1, 0.15) is 220 Å². The number of rotatable bonds is 36. The van der Waals surface area contributed by atoms with E-state index in [0.717, 1.165) is 44.1 Å². The third kappa shape index (κ3) is 21.0. The Morgan fingerprint density at radius 2 is 0.833 bits per heavy atom. The van der Waals surface area contributed by atoms with Crippen molar-refractivity contribution in [3.8, 4) is 11.5 Å². The Labute approximate surface area is 398 Å². The van der Waals surface area contributed by atoms with Gasteiger partial charge in [0.2, 0.25) is 0 Å². The Kier molecular flexibility index (Phi) is 27.3. The zero-order valence-corrected chi connectivity index (χ0v) is 41.6. The number of benzene rings is 3. The summed E-state index contributed by atoms with van der Waals surface area (Å²) in [6.07, 6.45) is 37.9. The van der Waals surface area contributed by atoms with E-state index in [-0.39, 0.29) is 24.3 Å². The Bertz CT molecular complexity index is 1950. The molecule has 0 aromatic heterocycles. The van der Waals surface area contributed by atoms with Crippen LogP contribution in [0.3, 0.4) is 0 Å². The van der Waals surface area contributed by atoms with Crippen molar-refractivity contribution in [1.82, 2.24) is 0 Å². The van der Waals surface area contributed by atoms with E-state index in [1.165, 1.54) is 128 Å². The Balaban J connectivity index is 1.66. The molecule has 2 N–H and O–H groups in total. The molecule has 0 aliphatic carbocycles. The van der Waals surface area contributed by atoms with Crippen LogP contribution in [-0.2, 0) is 24.6 Å². The highest BCUT2D eigenvalue weighted by atomic mass is 16.5. The average Bonchev–Trinajstić information content (AvgIpc) is 3.28. The van der Waals surface area contributed by atoms with Crippen molar-refractivity contribution < 1.29 is 38.9 Å². The maximum atomic E-state index is 13.7. The second-order valence-electron chi connectivity index (χ2n) is 19.6. The number of carboxylic acids is 2. The number of ether oxygens (including phenoxy) is 2. The molecule has 0 saturated carbocycles. The van der Waals surface area contributed by atoms with Gasteiger partial charge in [-0.05, 0) is 36.7 Å². The van der Waals surface area contributed by atoms with Crippen LogP contribution in [0.2, 0.25) is 0 Å². The van der Waals surface area contributed by atoms with E-state index in [4.69, 9.17) is 9.47 Å². The third-order valence-corrected chi connectivity index (χ3v) is 12.8. The summed E-state index contributed by atoms with van der Waals surface area (Å²) in [5, 5.41) is 22.3. The SMILES string of the molecule is CCCCCCCCCCCCCCC=CC(CC(=O)Oc1c2ccccc2c(OC(=O)CC(C=CCCCCCCCCCCCCCC)C(=O)O)c2c(C(C)(C)C)cccc12)C(=O)O. The standard InChI is InChI=1S/C58H86O8/c1-6-8-10-12-14-16-18-20-22-24-26-28-30-32-37-45(56(61)62)43-51(59)65-54-47-39-34-35-40-48(47)55(53-49(54)41-36-42-50(53)58(3,4)5)66-52(60)44-46(57(63)64)38-33-31-29-27-25-23-21-19-17-15-13-11-9-7-2/h32-42,45-46H,6-31,43-44H2,1-5H3,(H,61,62)(H,63,64). The van der Waals surface area contributed by atoms with Crippen LogP contribution in [0.5, 0.6) is 11.5 Å². The molecule has 3 rings (SSSR count). The summed E-state index contributed by atoms with van der Waals surface area (Å²) < 4.78 is 12.3. The van der Waals surface area contributed by atoms with Gasteiger partial charge in [0.25, 0.3) is 0 Å². The Morgan fingerprint density at radius 3 is 1.21 bits per heavy atom. The van der Waals surface area contributed by atoms with Crippen LogP contribution >= 0.6 is 0 Å². The third-order valence-electron chi connectivity index (χ3n) is 12.8. The number of carboxylic acid groups (broad SMARTS) is 2. The Morgan fingerprint density at radius 1 is 0.485 bits per heavy atom. The highest BCUT2D eigenvalue weighted by Crippen LogP contribution is 2.47. The molecule has 0 saturated heterocycles. The molecule has 2 unspecified atom stereocenters. The van der Waals surface area contributed by atoms with Crippen LogP contribution in [0.4, 0.5) is 0 Å². The molecule has 8 nitrogen and oxygen atoms in total. The van der Waals surface area contributed by atoms with Crippen molar-refractivity contribution in [2.24, 2.45) is 11.8 Å². The smallest absolute Gasteiger partial charge is 0.312 e. The van der Waals surface area contributed by atoms with Crippen LogP contribution in [0, 0.1) is 11.8 Å². The first-order valence-corrected chi connectivity index (χ1v) is 26.1. The van der Waals surface area contributed by atoms with Gasteiger partial charge in [-0.15, -0.1) is 0 Å². The molecule has 366 valence electrons. The monoisotopic (exact) mass is 911 g/mol. The lowest BCUT2D eigenvalue weighted by atomic mass is 9.82. The van der Waals surface area contributed by atoms with Crippen molar-refractivity contribution in [1.29, 1.82) is 0 Å². The average molecular weight is 911 g/mol. The van der Waals surface area contributed by atoms with Gasteiger partial charge < -0.3 is 19.7 Å². The lowest BCUT2D eigenvalue weighted by molar-refractivity contribution is -0.145. The van der Waals surface area contributed by atoms with Crippen LogP contribution in [-0.4, -0.2) is 34.1 Å². The Hall–Kier alpha value is -4.46. The molecule has 0 bridgehead atoms. The molecular formula is C58H86O8. The molecule has 66 heavy (non-hydrogen) atoms. The number of hydrogen-bond donors (Lipinski definition) is 2.